The fraction of sp³-hybridized carbons (Fsp3) is 0.133. The number of hydrogen-bond acceptors (Lipinski definition) is 2. The molecule has 0 aliphatic heterocycles. The molecule has 2 aromatic carbocycles. The van der Waals surface area contributed by atoms with E-state index < -0.39 is 0 Å². The van der Waals surface area contributed by atoms with Gasteiger partial charge in [0.1, 0.15) is 5.75 Å². The zero-order valence-electron chi connectivity index (χ0n) is 10.6. The Kier molecular flexibility index (Phi) is 3.83. The number of hydrogen-bond donors (Lipinski definition) is 0. The van der Waals surface area contributed by atoms with Crippen molar-refractivity contribution in [3.05, 3.63) is 59.2 Å². The summed E-state index contributed by atoms with van der Waals surface area (Å²) >= 11 is 0. The Morgan fingerprint density at radius 2 is 1.83 bits per heavy atom. The number of aliphatic imine (C=N–C) groups is 1. The lowest BCUT2D eigenvalue weighted by atomic mass is 10.1. The van der Waals surface area contributed by atoms with Crippen LogP contribution in [0.1, 0.15) is 16.7 Å². The molecule has 0 fully saturated rings. The summed E-state index contributed by atoms with van der Waals surface area (Å²) in [4.78, 5) is 4.48. The number of benzene rings is 2. The molecule has 0 aromatic heterocycles. The maximum Gasteiger partial charge on any atom is 0.374 e. The summed E-state index contributed by atoms with van der Waals surface area (Å²) in [5.74, 6) is 0.617. The van der Waals surface area contributed by atoms with Gasteiger partial charge in [-0.1, -0.05) is 24.3 Å². The third-order valence-electron chi connectivity index (χ3n) is 2.96. The van der Waals surface area contributed by atoms with Crippen LogP contribution in [0.3, 0.4) is 0 Å². The van der Waals surface area contributed by atoms with Crippen LogP contribution in [0, 0.1) is 13.8 Å². The maximum atomic E-state index is 5.21. The molecule has 0 spiro atoms. The van der Waals surface area contributed by atoms with Crippen LogP contribution in [-0.4, -0.2) is 14.3 Å². The molecule has 0 amide bonds. The molecule has 2 radical (unpaired) electrons. The van der Waals surface area contributed by atoms with Gasteiger partial charge in [0, 0.05) is 11.8 Å². The lowest BCUT2D eigenvalue weighted by Gasteiger charge is -2.05. The first-order valence-corrected chi connectivity index (χ1v) is 5.78. The molecule has 2 nitrogen and oxygen atoms in total. The Morgan fingerprint density at radius 3 is 2.61 bits per heavy atom. The van der Waals surface area contributed by atoms with Crippen molar-refractivity contribution in [2.45, 2.75) is 13.8 Å². The van der Waals surface area contributed by atoms with Crippen LogP contribution >= 0.6 is 0 Å². The predicted octanol–water partition coefficient (Wildman–Crippen LogP) is 3.52. The molecular weight excluding hydrogens is 221 g/mol. The van der Waals surface area contributed by atoms with E-state index in [-0.39, 0.29) is 0 Å². The van der Waals surface area contributed by atoms with E-state index in [2.05, 4.69) is 24.9 Å². The van der Waals surface area contributed by atoms with Gasteiger partial charge in [-0.15, -0.1) is 0 Å². The highest BCUT2D eigenvalue weighted by Crippen LogP contribution is 2.22. The van der Waals surface area contributed by atoms with Gasteiger partial charge in [-0.25, -0.2) is 0 Å². The molecule has 0 aliphatic rings. The highest BCUT2D eigenvalue weighted by Gasteiger charge is 2.00. The number of rotatable bonds is 3. The summed E-state index contributed by atoms with van der Waals surface area (Å²) < 4.78 is 4.80. The summed E-state index contributed by atoms with van der Waals surface area (Å²) in [5, 5.41) is 0. The van der Waals surface area contributed by atoms with Gasteiger partial charge in [-0.2, -0.15) is 0 Å². The van der Waals surface area contributed by atoms with Crippen molar-refractivity contribution in [2.75, 3.05) is 0 Å². The van der Waals surface area contributed by atoms with E-state index in [0.717, 1.165) is 11.3 Å². The summed E-state index contributed by atoms with van der Waals surface area (Å²) in [6.45, 7) is 4.14. The minimum Gasteiger partial charge on any atom is -0.567 e. The van der Waals surface area contributed by atoms with Gasteiger partial charge in [0.15, 0.2) is 0 Å². The quantitative estimate of drug-likeness (QED) is 0.589. The Hall–Kier alpha value is -2.03. The van der Waals surface area contributed by atoms with E-state index in [0.29, 0.717) is 5.75 Å². The average molecular weight is 235 g/mol. The van der Waals surface area contributed by atoms with Crippen LogP contribution in [0.15, 0.2) is 47.5 Å². The Labute approximate surface area is 109 Å². The van der Waals surface area contributed by atoms with Crippen molar-refractivity contribution in [3.8, 4) is 5.75 Å². The van der Waals surface area contributed by atoms with Gasteiger partial charge in [0.05, 0.1) is 5.69 Å². The zero-order chi connectivity index (χ0) is 13.0. The number of aryl methyl sites for hydroxylation is 1. The first kappa shape index (κ1) is 12.4. The summed E-state index contributed by atoms with van der Waals surface area (Å²) in [7, 11) is 5.21. The van der Waals surface area contributed by atoms with E-state index in [9.17, 15) is 0 Å². The summed E-state index contributed by atoms with van der Waals surface area (Å²) in [5.41, 5.74) is 4.23. The van der Waals surface area contributed by atoms with E-state index in [1.807, 2.05) is 36.4 Å². The van der Waals surface area contributed by atoms with Gasteiger partial charge in [-0.3, -0.25) is 4.99 Å². The third-order valence-corrected chi connectivity index (χ3v) is 2.96. The molecule has 0 bridgehead atoms. The van der Waals surface area contributed by atoms with Crippen molar-refractivity contribution in [3.63, 3.8) is 0 Å². The van der Waals surface area contributed by atoms with Crippen molar-refractivity contribution in [1.29, 1.82) is 0 Å². The second-order valence-electron chi connectivity index (χ2n) is 4.13. The zero-order valence-corrected chi connectivity index (χ0v) is 10.6. The molecular formula is C15H14BNO. The Balaban J connectivity index is 2.33. The maximum absolute atomic E-state index is 5.21. The van der Waals surface area contributed by atoms with E-state index in [4.69, 9.17) is 12.7 Å². The third kappa shape index (κ3) is 2.62. The topological polar surface area (TPSA) is 21.6 Å². The van der Waals surface area contributed by atoms with E-state index in [1.54, 1.807) is 6.21 Å². The fourth-order valence-corrected chi connectivity index (χ4v) is 1.71. The second kappa shape index (κ2) is 5.54. The molecule has 0 aliphatic carbocycles. The fourth-order valence-electron chi connectivity index (χ4n) is 1.71. The monoisotopic (exact) mass is 235 g/mol. The molecule has 3 heteroatoms. The molecule has 2 aromatic rings. The van der Waals surface area contributed by atoms with E-state index >= 15 is 0 Å². The highest BCUT2D eigenvalue weighted by molar-refractivity contribution is 6.01. The van der Waals surface area contributed by atoms with Crippen LogP contribution in [0.5, 0.6) is 5.75 Å². The Morgan fingerprint density at radius 1 is 1.06 bits per heavy atom. The minimum absolute atomic E-state index is 0.617. The van der Waals surface area contributed by atoms with Crippen molar-refractivity contribution >= 4 is 20.0 Å². The first-order chi connectivity index (χ1) is 8.72. The smallest absolute Gasteiger partial charge is 0.374 e. The Bertz CT molecular complexity index is 578. The molecule has 2 rings (SSSR count). The molecule has 0 atom stereocenters. The molecule has 0 N–H and O–H groups in total. The van der Waals surface area contributed by atoms with Crippen LogP contribution in [0.2, 0.25) is 0 Å². The highest BCUT2D eigenvalue weighted by atomic mass is 16.4. The SMILES string of the molecule is [B]Oc1ccccc1C=Nc1cccc(C)c1C. The van der Waals surface area contributed by atoms with E-state index in [1.165, 1.54) is 11.1 Å². The van der Waals surface area contributed by atoms with Gasteiger partial charge < -0.3 is 4.65 Å². The minimum atomic E-state index is 0.617. The molecule has 0 saturated heterocycles. The van der Waals surface area contributed by atoms with Crippen LogP contribution < -0.4 is 4.65 Å². The average Bonchev–Trinajstić information content (AvgIpc) is 2.41. The van der Waals surface area contributed by atoms with Gasteiger partial charge >= 0.3 is 8.05 Å². The molecule has 0 saturated carbocycles. The van der Waals surface area contributed by atoms with Crippen LogP contribution in [0.4, 0.5) is 5.69 Å². The van der Waals surface area contributed by atoms with Crippen molar-refractivity contribution in [2.24, 2.45) is 4.99 Å². The van der Waals surface area contributed by atoms with Crippen LogP contribution in [-0.2, 0) is 0 Å². The summed E-state index contributed by atoms with van der Waals surface area (Å²) in [6, 6.07) is 13.6. The first-order valence-electron chi connectivity index (χ1n) is 5.78. The molecule has 88 valence electrons. The van der Waals surface area contributed by atoms with Crippen molar-refractivity contribution in [1.82, 2.24) is 0 Å². The van der Waals surface area contributed by atoms with Crippen LogP contribution in [0.25, 0.3) is 0 Å². The standard InChI is InChI=1S/C15H14BNO/c1-11-6-5-8-14(12(11)2)17-10-13-7-3-4-9-15(13)18-16/h3-10H,1-2H3. The van der Waals surface area contributed by atoms with Gasteiger partial charge in [0.25, 0.3) is 0 Å². The molecule has 0 unspecified atom stereocenters. The predicted molar refractivity (Wildman–Crippen MR) is 76.0 cm³/mol. The second-order valence-corrected chi connectivity index (χ2v) is 4.13. The number of para-hydroxylation sites is 1. The van der Waals surface area contributed by atoms with Gasteiger partial charge in [0.2, 0.25) is 0 Å². The number of nitrogens with zero attached hydrogens (tertiary/aromatic N) is 1. The largest absolute Gasteiger partial charge is 0.567 e. The lowest BCUT2D eigenvalue weighted by Crippen LogP contribution is -1.91. The summed E-state index contributed by atoms with van der Waals surface area (Å²) in [6.07, 6.45) is 1.77. The molecule has 0 heterocycles. The normalized spacial score (nSPS) is 10.8. The molecule has 18 heavy (non-hydrogen) atoms. The van der Waals surface area contributed by atoms with Gasteiger partial charge in [-0.05, 0) is 43.2 Å². The lowest BCUT2D eigenvalue weighted by molar-refractivity contribution is 0.615. The van der Waals surface area contributed by atoms with Crippen molar-refractivity contribution < 1.29 is 4.65 Å².